The highest BCUT2D eigenvalue weighted by Crippen LogP contribution is 2.48. The Morgan fingerprint density at radius 3 is 2.60 bits per heavy atom. The lowest BCUT2D eigenvalue weighted by Crippen LogP contribution is -2.32. The highest BCUT2D eigenvalue weighted by atomic mass is 16.3. The van der Waals surface area contributed by atoms with Gasteiger partial charge in [0.1, 0.15) is 0 Å². The number of aliphatic hydroxyl groups is 1. The van der Waals surface area contributed by atoms with Gasteiger partial charge in [0.25, 0.3) is 0 Å². The minimum atomic E-state index is 0.289. The van der Waals surface area contributed by atoms with E-state index in [0.29, 0.717) is 6.61 Å². The molecule has 3 unspecified atom stereocenters. The number of fused-ring (bicyclic) bond motifs is 2. The van der Waals surface area contributed by atoms with E-state index in [1.807, 2.05) is 0 Å². The molecule has 86 valence electrons. The van der Waals surface area contributed by atoms with Crippen LogP contribution in [0.1, 0.15) is 38.5 Å². The van der Waals surface area contributed by atoms with Gasteiger partial charge in [-0.2, -0.15) is 0 Å². The smallest absolute Gasteiger partial charge is 0.0499 e. The zero-order valence-corrected chi connectivity index (χ0v) is 9.54. The molecule has 0 amide bonds. The van der Waals surface area contributed by atoms with Gasteiger partial charge in [-0.15, -0.1) is 0 Å². The molecule has 2 bridgehead atoms. The lowest BCUT2D eigenvalue weighted by Gasteiger charge is -2.23. The van der Waals surface area contributed by atoms with Crippen LogP contribution in [-0.4, -0.2) is 24.8 Å². The first kappa shape index (κ1) is 10.1. The summed E-state index contributed by atoms with van der Waals surface area (Å²) in [6, 6.07) is 0. The molecule has 0 aromatic rings. The van der Waals surface area contributed by atoms with E-state index in [0.717, 1.165) is 24.3 Å². The predicted molar refractivity (Wildman–Crippen MR) is 60.6 cm³/mol. The van der Waals surface area contributed by atoms with E-state index in [1.165, 1.54) is 45.1 Å². The van der Waals surface area contributed by atoms with Crippen LogP contribution in [0.4, 0.5) is 0 Å². The van der Waals surface area contributed by atoms with Crippen LogP contribution in [0.3, 0.4) is 0 Å². The minimum absolute atomic E-state index is 0.289. The molecule has 3 atom stereocenters. The Kier molecular flexibility index (Phi) is 2.52. The molecule has 3 aliphatic carbocycles. The van der Waals surface area contributed by atoms with E-state index < -0.39 is 0 Å². The fourth-order valence-electron chi connectivity index (χ4n) is 3.72. The first-order chi connectivity index (χ1) is 7.31. The van der Waals surface area contributed by atoms with Crippen LogP contribution in [0, 0.1) is 23.2 Å². The fourth-order valence-corrected chi connectivity index (χ4v) is 3.72. The molecular formula is C13H23NO. The monoisotopic (exact) mass is 209 g/mol. The zero-order chi connectivity index (χ0) is 10.3. The standard InChI is InChI=1S/C13H23NO/c15-9-13(3-4-13)8-14-7-12-6-10-1-2-11(12)5-10/h10-12,14-15H,1-9H2. The lowest BCUT2D eigenvalue weighted by atomic mass is 9.89. The summed E-state index contributed by atoms with van der Waals surface area (Å²) < 4.78 is 0. The summed E-state index contributed by atoms with van der Waals surface area (Å²) in [4.78, 5) is 0. The van der Waals surface area contributed by atoms with Crippen LogP contribution in [0.5, 0.6) is 0 Å². The fraction of sp³-hybridized carbons (Fsp3) is 1.00. The predicted octanol–water partition coefficient (Wildman–Crippen LogP) is 1.78. The van der Waals surface area contributed by atoms with Crippen molar-refractivity contribution >= 4 is 0 Å². The third kappa shape index (κ3) is 1.94. The van der Waals surface area contributed by atoms with Gasteiger partial charge in [0.05, 0.1) is 0 Å². The van der Waals surface area contributed by atoms with E-state index >= 15 is 0 Å². The summed E-state index contributed by atoms with van der Waals surface area (Å²) in [7, 11) is 0. The highest BCUT2D eigenvalue weighted by molar-refractivity contribution is 4.95. The number of nitrogens with one attached hydrogen (secondary N) is 1. The topological polar surface area (TPSA) is 32.3 Å². The molecule has 15 heavy (non-hydrogen) atoms. The summed E-state index contributed by atoms with van der Waals surface area (Å²) in [5.74, 6) is 3.06. The first-order valence-electron chi connectivity index (χ1n) is 6.63. The summed E-state index contributed by atoms with van der Waals surface area (Å²) in [6.07, 6.45) is 8.44. The summed E-state index contributed by atoms with van der Waals surface area (Å²) in [6.45, 7) is 2.65. The van der Waals surface area contributed by atoms with Crippen LogP contribution in [0.25, 0.3) is 0 Å². The number of hydrogen-bond donors (Lipinski definition) is 2. The van der Waals surface area contributed by atoms with Gasteiger partial charge in [-0.05, 0) is 56.4 Å². The molecule has 2 N–H and O–H groups in total. The van der Waals surface area contributed by atoms with Crippen LogP contribution < -0.4 is 5.32 Å². The largest absolute Gasteiger partial charge is 0.396 e. The summed E-state index contributed by atoms with van der Waals surface area (Å²) in [5, 5.41) is 12.8. The number of rotatable bonds is 5. The molecule has 0 aromatic carbocycles. The van der Waals surface area contributed by atoms with Crippen molar-refractivity contribution in [3.8, 4) is 0 Å². The normalized spacial score (nSPS) is 41.0. The Hall–Kier alpha value is -0.0800. The Morgan fingerprint density at radius 1 is 1.20 bits per heavy atom. The average molecular weight is 209 g/mol. The van der Waals surface area contributed by atoms with Gasteiger partial charge in [-0.1, -0.05) is 6.42 Å². The van der Waals surface area contributed by atoms with Crippen molar-refractivity contribution in [2.24, 2.45) is 23.2 Å². The van der Waals surface area contributed by atoms with Gasteiger partial charge in [-0.25, -0.2) is 0 Å². The third-order valence-corrected chi connectivity index (χ3v) is 5.08. The molecule has 2 nitrogen and oxygen atoms in total. The molecule has 0 aliphatic heterocycles. The van der Waals surface area contributed by atoms with Gasteiger partial charge in [0, 0.05) is 18.6 Å². The molecular weight excluding hydrogens is 186 g/mol. The Balaban J connectivity index is 1.40. The second kappa shape index (κ2) is 3.74. The van der Waals surface area contributed by atoms with Gasteiger partial charge < -0.3 is 10.4 Å². The van der Waals surface area contributed by atoms with Gasteiger partial charge in [0.2, 0.25) is 0 Å². The molecule has 0 radical (unpaired) electrons. The van der Waals surface area contributed by atoms with Crippen LogP contribution in [-0.2, 0) is 0 Å². The Labute approximate surface area is 92.4 Å². The van der Waals surface area contributed by atoms with Crippen molar-refractivity contribution in [2.75, 3.05) is 19.7 Å². The van der Waals surface area contributed by atoms with Gasteiger partial charge in [0.15, 0.2) is 0 Å². The van der Waals surface area contributed by atoms with Crippen molar-refractivity contribution in [1.29, 1.82) is 0 Å². The highest BCUT2D eigenvalue weighted by Gasteiger charge is 2.43. The van der Waals surface area contributed by atoms with Gasteiger partial charge in [-0.3, -0.25) is 0 Å². The Morgan fingerprint density at radius 2 is 2.07 bits per heavy atom. The first-order valence-corrected chi connectivity index (χ1v) is 6.63. The molecule has 3 fully saturated rings. The maximum Gasteiger partial charge on any atom is 0.0499 e. The second-order valence-corrected chi connectivity index (χ2v) is 6.22. The molecule has 2 heteroatoms. The number of aliphatic hydroxyl groups excluding tert-OH is 1. The average Bonchev–Trinajstić information content (AvgIpc) is 2.73. The summed E-state index contributed by atoms with van der Waals surface area (Å²) in [5.41, 5.74) is 0.289. The molecule has 0 aromatic heterocycles. The van der Waals surface area contributed by atoms with Crippen LogP contribution >= 0.6 is 0 Å². The van der Waals surface area contributed by atoms with Crippen molar-refractivity contribution in [3.63, 3.8) is 0 Å². The van der Waals surface area contributed by atoms with E-state index in [2.05, 4.69) is 5.32 Å². The lowest BCUT2D eigenvalue weighted by molar-refractivity contribution is 0.203. The van der Waals surface area contributed by atoms with Crippen molar-refractivity contribution in [2.45, 2.75) is 38.5 Å². The molecule has 0 heterocycles. The van der Waals surface area contributed by atoms with Crippen molar-refractivity contribution in [3.05, 3.63) is 0 Å². The SMILES string of the molecule is OCC1(CNCC2CC3CCC2C3)CC1. The second-order valence-electron chi connectivity index (χ2n) is 6.22. The third-order valence-electron chi connectivity index (χ3n) is 5.08. The van der Waals surface area contributed by atoms with Crippen LogP contribution in [0.2, 0.25) is 0 Å². The maximum atomic E-state index is 9.21. The number of hydrogen-bond acceptors (Lipinski definition) is 2. The van der Waals surface area contributed by atoms with Gasteiger partial charge >= 0.3 is 0 Å². The molecule has 3 saturated carbocycles. The van der Waals surface area contributed by atoms with Crippen molar-refractivity contribution < 1.29 is 5.11 Å². The molecule has 0 spiro atoms. The molecule has 0 saturated heterocycles. The maximum absolute atomic E-state index is 9.21. The quantitative estimate of drug-likeness (QED) is 0.723. The van der Waals surface area contributed by atoms with E-state index in [1.54, 1.807) is 0 Å². The summed E-state index contributed by atoms with van der Waals surface area (Å²) >= 11 is 0. The zero-order valence-electron chi connectivity index (χ0n) is 9.54. The van der Waals surface area contributed by atoms with Crippen LogP contribution in [0.15, 0.2) is 0 Å². The van der Waals surface area contributed by atoms with Crippen molar-refractivity contribution in [1.82, 2.24) is 5.32 Å². The Bertz CT molecular complexity index is 237. The molecule has 3 aliphatic rings. The van der Waals surface area contributed by atoms with E-state index in [4.69, 9.17) is 0 Å². The minimum Gasteiger partial charge on any atom is -0.396 e. The van der Waals surface area contributed by atoms with E-state index in [9.17, 15) is 5.11 Å². The molecule has 3 rings (SSSR count). The van der Waals surface area contributed by atoms with E-state index in [-0.39, 0.29) is 5.41 Å².